The normalized spacial score (nSPS) is 11.2. The second-order valence-corrected chi connectivity index (χ2v) is 7.36. The van der Waals surface area contributed by atoms with Gasteiger partial charge in [-0.15, -0.1) is 0 Å². The summed E-state index contributed by atoms with van der Waals surface area (Å²) in [6.45, 7) is 4.18. The number of carbonyl (C=O) groups excluding carboxylic acids is 1. The number of rotatable bonds is 5. The number of anilines is 1. The first-order chi connectivity index (χ1) is 14.0. The molecule has 0 aliphatic carbocycles. The maximum absolute atomic E-state index is 11.2. The number of nitrogens with two attached hydrogens (primary N) is 1. The molecule has 0 aliphatic rings. The minimum atomic E-state index is 0.229. The lowest BCUT2D eigenvalue weighted by Crippen LogP contribution is -2.00. The van der Waals surface area contributed by atoms with E-state index in [2.05, 4.69) is 28.4 Å². The number of hydrogen-bond acceptors (Lipinski definition) is 5. The Kier molecular flexibility index (Phi) is 4.94. The molecule has 6 nitrogen and oxygen atoms in total. The van der Waals surface area contributed by atoms with Crippen molar-refractivity contribution in [1.82, 2.24) is 14.5 Å². The zero-order valence-electron chi connectivity index (χ0n) is 16.0. The topological polar surface area (TPSA) is 83.0 Å². The Balaban J connectivity index is 1.72. The van der Waals surface area contributed by atoms with E-state index in [1.54, 1.807) is 18.2 Å². The molecule has 0 aliphatic heterocycles. The second-order valence-electron chi connectivity index (χ2n) is 6.93. The van der Waals surface area contributed by atoms with Gasteiger partial charge in [-0.2, -0.15) is 0 Å². The predicted octanol–water partition coefficient (Wildman–Crippen LogP) is 5.52. The molecule has 0 unspecified atom stereocenters. The van der Waals surface area contributed by atoms with Crippen molar-refractivity contribution in [3.63, 3.8) is 0 Å². The van der Waals surface area contributed by atoms with Crippen LogP contribution >= 0.6 is 11.6 Å². The van der Waals surface area contributed by atoms with Crippen LogP contribution in [0.5, 0.6) is 11.5 Å². The predicted molar refractivity (Wildman–Crippen MR) is 115 cm³/mol. The van der Waals surface area contributed by atoms with Gasteiger partial charge in [0.15, 0.2) is 6.29 Å². The van der Waals surface area contributed by atoms with E-state index >= 15 is 0 Å². The van der Waals surface area contributed by atoms with Crippen molar-refractivity contribution < 1.29 is 9.53 Å². The highest BCUT2D eigenvalue weighted by molar-refractivity contribution is 6.30. The Labute approximate surface area is 172 Å². The number of aldehydes is 1. The Morgan fingerprint density at radius 1 is 1.14 bits per heavy atom. The fourth-order valence-corrected chi connectivity index (χ4v) is 3.41. The lowest BCUT2D eigenvalue weighted by atomic mass is 10.1. The summed E-state index contributed by atoms with van der Waals surface area (Å²) in [5.74, 6) is 1.45. The first kappa shape index (κ1) is 19.0. The van der Waals surface area contributed by atoms with Crippen molar-refractivity contribution in [1.29, 1.82) is 0 Å². The monoisotopic (exact) mass is 406 g/mol. The van der Waals surface area contributed by atoms with Crippen LogP contribution in [0.1, 0.15) is 30.2 Å². The molecule has 0 atom stereocenters. The SMILES string of the molecule is CC(C)n1cc(-c2ccc(Oc3cc(Cl)ccc3C=O)cc2)c2c(N)ncnc21. The minimum Gasteiger partial charge on any atom is -0.457 e. The number of hydrogen-bond donors (Lipinski definition) is 1. The number of fused-ring (bicyclic) bond motifs is 1. The fraction of sp³-hybridized carbons (Fsp3) is 0.136. The van der Waals surface area contributed by atoms with E-state index in [0.29, 0.717) is 27.9 Å². The molecule has 4 rings (SSSR count). The number of aromatic nitrogens is 3. The number of benzene rings is 2. The summed E-state index contributed by atoms with van der Waals surface area (Å²) in [5, 5.41) is 1.33. The van der Waals surface area contributed by atoms with E-state index in [1.165, 1.54) is 6.33 Å². The van der Waals surface area contributed by atoms with E-state index in [4.69, 9.17) is 22.1 Å². The molecule has 0 amide bonds. The van der Waals surface area contributed by atoms with Crippen molar-refractivity contribution in [3.8, 4) is 22.6 Å². The number of nitrogen functional groups attached to an aromatic ring is 1. The van der Waals surface area contributed by atoms with Crippen LogP contribution in [0.4, 0.5) is 5.82 Å². The third-order valence-corrected chi connectivity index (χ3v) is 4.93. The van der Waals surface area contributed by atoms with Crippen LogP contribution in [0.2, 0.25) is 5.02 Å². The van der Waals surface area contributed by atoms with E-state index in [0.717, 1.165) is 28.4 Å². The summed E-state index contributed by atoms with van der Waals surface area (Å²) in [7, 11) is 0. The second kappa shape index (κ2) is 7.56. The van der Waals surface area contributed by atoms with Gasteiger partial charge in [-0.05, 0) is 43.7 Å². The first-order valence-electron chi connectivity index (χ1n) is 9.12. The molecule has 2 aromatic heterocycles. The summed E-state index contributed by atoms with van der Waals surface area (Å²) in [5.41, 5.74) is 9.30. The molecule has 2 N–H and O–H groups in total. The highest BCUT2D eigenvalue weighted by Gasteiger charge is 2.16. The van der Waals surface area contributed by atoms with Crippen molar-refractivity contribution in [2.24, 2.45) is 0 Å². The number of halogens is 1. The smallest absolute Gasteiger partial charge is 0.153 e. The average molecular weight is 407 g/mol. The molecule has 146 valence electrons. The van der Waals surface area contributed by atoms with Gasteiger partial charge in [0.2, 0.25) is 0 Å². The Morgan fingerprint density at radius 2 is 1.90 bits per heavy atom. The van der Waals surface area contributed by atoms with E-state index in [1.807, 2.05) is 30.5 Å². The van der Waals surface area contributed by atoms with Gasteiger partial charge in [0.1, 0.15) is 29.3 Å². The standard InChI is InChI=1S/C22H19ClN4O2/c1-13(2)27-10-18(20-21(24)25-12-26-22(20)27)14-4-7-17(8-5-14)29-19-9-16(23)6-3-15(19)11-28/h3-13H,1-2H3,(H2,24,25,26). The van der Waals surface area contributed by atoms with Crippen molar-refractivity contribution in [2.45, 2.75) is 19.9 Å². The van der Waals surface area contributed by atoms with Crippen molar-refractivity contribution in [2.75, 3.05) is 5.73 Å². The summed E-state index contributed by atoms with van der Waals surface area (Å²) in [4.78, 5) is 19.8. The largest absolute Gasteiger partial charge is 0.457 e. The first-order valence-corrected chi connectivity index (χ1v) is 9.49. The minimum absolute atomic E-state index is 0.229. The Bertz CT molecular complexity index is 1200. The molecule has 0 saturated carbocycles. The van der Waals surface area contributed by atoms with Crippen molar-refractivity contribution in [3.05, 3.63) is 65.6 Å². The van der Waals surface area contributed by atoms with Crippen LogP contribution < -0.4 is 10.5 Å². The highest BCUT2D eigenvalue weighted by Crippen LogP contribution is 2.35. The van der Waals surface area contributed by atoms with Gasteiger partial charge in [-0.3, -0.25) is 4.79 Å². The fourth-order valence-electron chi connectivity index (χ4n) is 3.24. The van der Waals surface area contributed by atoms with E-state index in [9.17, 15) is 4.79 Å². The molecule has 0 fully saturated rings. The molecule has 2 heterocycles. The van der Waals surface area contributed by atoms with E-state index < -0.39 is 0 Å². The van der Waals surface area contributed by atoms with Gasteiger partial charge in [0.05, 0.1) is 10.9 Å². The maximum atomic E-state index is 11.2. The number of ether oxygens (including phenoxy) is 1. The van der Waals surface area contributed by atoms with Gasteiger partial charge < -0.3 is 15.0 Å². The number of nitrogens with zero attached hydrogens (tertiary/aromatic N) is 3. The Morgan fingerprint density at radius 3 is 2.59 bits per heavy atom. The van der Waals surface area contributed by atoms with Crippen LogP contribution in [0.25, 0.3) is 22.2 Å². The molecule has 7 heteroatoms. The summed E-state index contributed by atoms with van der Waals surface area (Å²) >= 11 is 6.02. The zero-order valence-corrected chi connectivity index (χ0v) is 16.7. The molecule has 0 saturated heterocycles. The van der Waals surface area contributed by atoms with Crippen LogP contribution in [0.15, 0.2) is 55.0 Å². The van der Waals surface area contributed by atoms with E-state index in [-0.39, 0.29) is 6.04 Å². The Hall–Kier alpha value is -3.38. The van der Waals surface area contributed by atoms with Crippen LogP contribution in [0, 0.1) is 0 Å². The lowest BCUT2D eigenvalue weighted by molar-refractivity contribution is 0.112. The third kappa shape index (κ3) is 3.54. The molecule has 0 bridgehead atoms. The molecular formula is C22H19ClN4O2. The molecule has 4 aromatic rings. The summed E-state index contributed by atoms with van der Waals surface area (Å²) in [6, 6.07) is 12.7. The lowest BCUT2D eigenvalue weighted by Gasteiger charge is -2.09. The molecule has 0 radical (unpaired) electrons. The zero-order chi connectivity index (χ0) is 20.5. The molecule has 29 heavy (non-hydrogen) atoms. The quantitative estimate of drug-likeness (QED) is 0.441. The molecule has 0 spiro atoms. The van der Waals surface area contributed by atoms with Gasteiger partial charge >= 0.3 is 0 Å². The van der Waals surface area contributed by atoms with Gasteiger partial charge in [-0.1, -0.05) is 23.7 Å². The molecule has 2 aromatic carbocycles. The van der Waals surface area contributed by atoms with Crippen LogP contribution in [0.3, 0.4) is 0 Å². The van der Waals surface area contributed by atoms with Gasteiger partial charge in [0, 0.05) is 28.9 Å². The summed E-state index contributed by atoms with van der Waals surface area (Å²) in [6.07, 6.45) is 4.26. The van der Waals surface area contributed by atoms with Gasteiger partial charge in [-0.25, -0.2) is 9.97 Å². The van der Waals surface area contributed by atoms with Crippen LogP contribution in [-0.2, 0) is 0 Å². The van der Waals surface area contributed by atoms with Gasteiger partial charge in [0.25, 0.3) is 0 Å². The average Bonchev–Trinajstić information content (AvgIpc) is 3.10. The van der Waals surface area contributed by atoms with Crippen LogP contribution in [-0.4, -0.2) is 20.8 Å². The highest BCUT2D eigenvalue weighted by atomic mass is 35.5. The molecular weight excluding hydrogens is 388 g/mol. The number of carbonyl (C=O) groups is 1. The summed E-state index contributed by atoms with van der Waals surface area (Å²) < 4.78 is 7.94. The maximum Gasteiger partial charge on any atom is 0.153 e. The van der Waals surface area contributed by atoms with Crippen molar-refractivity contribution >= 4 is 34.7 Å². The third-order valence-electron chi connectivity index (χ3n) is 4.69.